The summed E-state index contributed by atoms with van der Waals surface area (Å²) in [5.74, 6) is 1.47. The van der Waals surface area contributed by atoms with E-state index in [9.17, 15) is 4.79 Å². The Kier molecular flexibility index (Phi) is 2.79. The molecule has 1 aliphatic carbocycles. The summed E-state index contributed by atoms with van der Waals surface area (Å²) < 4.78 is 5.60. The van der Waals surface area contributed by atoms with Crippen LogP contribution < -0.4 is 16.0 Å². The average molecular weight is 309 g/mol. The molecule has 0 bridgehead atoms. The van der Waals surface area contributed by atoms with Crippen LogP contribution in [0.2, 0.25) is 0 Å². The molecule has 118 valence electrons. The fraction of sp³-hybridized carbons (Fsp3) is 0.389. The van der Waals surface area contributed by atoms with Gasteiger partial charge in [0, 0.05) is 35.8 Å². The number of anilines is 1. The van der Waals surface area contributed by atoms with Gasteiger partial charge in [-0.1, -0.05) is 0 Å². The summed E-state index contributed by atoms with van der Waals surface area (Å²) in [6, 6.07) is 10.8. The number of hydrogen-bond donors (Lipinski definition) is 3. The molecule has 1 amide bonds. The maximum absolute atomic E-state index is 12.3. The van der Waals surface area contributed by atoms with Crippen molar-refractivity contribution in [1.29, 1.82) is 0 Å². The molecule has 3 heterocycles. The van der Waals surface area contributed by atoms with E-state index in [1.807, 2.05) is 30.3 Å². The van der Waals surface area contributed by atoms with Gasteiger partial charge in [0.15, 0.2) is 0 Å². The number of benzene rings is 1. The zero-order chi connectivity index (χ0) is 15.4. The molecule has 5 rings (SSSR count). The molecule has 5 heteroatoms. The number of rotatable bonds is 3. The molecule has 0 radical (unpaired) electrons. The maximum Gasteiger partial charge on any atom is 0.251 e. The first-order valence-corrected chi connectivity index (χ1v) is 8.28. The highest BCUT2D eigenvalue weighted by atomic mass is 16.3. The molecule has 1 aromatic heterocycles. The second-order valence-corrected chi connectivity index (χ2v) is 6.74. The lowest BCUT2D eigenvalue weighted by Gasteiger charge is -2.47. The van der Waals surface area contributed by atoms with Crippen LogP contribution in [0.4, 0.5) is 5.69 Å². The second-order valence-electron chi connectivity index (χ2n) is 6.74. The number of carbonyl (C=O) groups is 1. The zero-order valence-electron chi connectivity index (χ0n) is 12.7. The Bertz CT molecular complexity index is 752. The van der Waals surface area contributed by atoms with Crippen molar-refractivity contribution in [3.8, 4) is 0 Å². The van der Waals surface area contributed by atoms with Crippen molar-refractivity contribution >= 4 is 11.6 Å². The summed E-state index contributed by atoms with van der Waals surface area (Å²) in [7, 11) is 0. The molecule has 1 saturated heterocycles. The Morgan fingerprint density at radius 3 is 2.83 bits per heavy atom. The van der Waals surface area contributed by atoms with E-state index >= 15 is 0 Å². The molecule has 0 spiro atoms. The first kappa shape index (κ1) is 13.2. The van der Waals surface area contributed by atoms with Gasteiger partial charge in [0.1, 0.15) is 5.76 Å². The van der Waals surface area contributed by atoms with E-state index in [0.29, 0.717) is 12.0 Å². The number of fused-ring (bicyclic) bond motifs is 3. The third-order valence-corrected chi connectivity index (χ3v) is 5.15. The van der Waals surface area contributed by atoms with Gasteiger partial charge in [0.25, 0.3) is 5.91 Å². The lowest BCUT2D eigenvalue weighted by atomic mass is 9.76. The van der Waals surface area contributed by atoms with E-state index < -0.39 is 0 Å². The molecule has 5 nitrogen and oxygen atoms in total. The normalized spacial score (nSPS) is 28.1. The van der Waals surface area contributed by atoms with Crippen molar-refractivity contribution in [2.75, 3.05) is 11.9 Å². The van der Waals surface area contributed by atoms with Crippen molar-refractivity contribution in [3.63, 3.8) is 0 Å². The van der Waals surface area contributed by atoms with Crippen LogP contribution in [0.3, 0.4) is 0 Å². The fourth-order valence-corrected chi connectivity index (χ4v) is 3.64. The van der Waals surface area contributed by atoms with E-state index in [4.69, 9.17) is 4.42 Å². The third kappa shape index (κ3) is 2.15. The Hall–Kier alpha value is -2.27. The fourth-order valence-electron chi connectivity index (χ4n) is 3.64. The zero-order valence-corrected chi connectivity index (χ0v) is 12.7. The topological polar surface area (TPSA) is 66.3 Å². The standard InChI is InChI=1S/C18H19N3O2/c22-18(20-11-4-5-11)10-3-6-14-12(8-10)16-13(9-19-16)17(21-14)15-2-1-7-23-15/h1-3,6-8,11,13,16-17,19,21H,4-5,9H2,(H,20,22)/t13?,16-,17?/m1/s1. The molecule has 1 saturated carbocycles. The van der Waals surface area contributed by atoms with E-state index in [2.05, 4.69) is 16.0 Å². The van der Waals surface area contributed by atoms with Crippen LogP contribution in [0.25, 0.3) is 0 Å². The van der Waals surface area contributed by atoms with Gasteiger partial charge in [-0.05, 0) is 48.7 Å². The number of hydrogen-bond acceptors (Lipinski definition) is 4. The Balaban J connectivity index is 1.46. The minimum absolute atomic E-state index is 0.0410. The second kappa shape index (κ2) is 4.86. The smallest absolute Gasteiger partial charge is 0.251 e. The SMILES string of the molecule is O=C(NC1CC1)c1ccc2c(c1)[C@H]1NCC1C(c1ccco1)N2. The lowest BCUT2D eigenvalue weighted by Crippen LogP contribution is -2.52. The monoisotopic (exact) mass is 309 g/mol. The molecule has 2 aromatic rings. The summed E-state index contributed by atoms with van der Waals surface area (Å²) in [6.07, 6.45) is 3.93. The van der Waals surface area contributed by atoms with Crippen LogP contribution in [0.5, 0.6) is 0 Å². The van der Waals surface area contributed by atoms with Gasteiger partial charge in [-0.25, -0.2) is 0 Å². The molecule has 23 heavy (non-hydrogen) atoms. The Morgan fingerprint density at radius 1 is 1.22 bits per heavy atom. The number of amides is 1. The largest absolute Gasteiger partial charge is 0.467 e. The van der Waals surface area contributed by atoms with Gasteiger partial charge in [-0.2, -0.15) is 0 Å². The van der Waals surface area contributed by atoms with Gasteiger partial charge in [0.05, 0.1) is 12.3 Å². The van der Waals surface area contributed by atoms with E-state index in [1.54, 1.807) is 6.26 Å². The van der Waals surface area contributed by atoms with Crippen LogP contribution in [0, 0.1) is 5.92 Å². The minimum atomic E-state index is 0.0410. The number of furan rings is 1. The summed E-state index contributed by atoms with van der Waals surface area (Å²) in [4.78, 5) is 12.3. The van der Waals surface area contributed by atoms with Crippen LogP contribution in [-0.4, -0.2) is 18.5 Å². The van der Waals surface area contributed by atoms with Crippen molar-refractivity contribution in [3.05, 3.63) is 53.5 Å². The molecule has 3 aliphatic rings. The third-order valence-electron chi connectivity index (χ3n) is 5.15. The highest BCUT2D eigenvalue weighted by molar-refractivity contribution is 5.95. The van der Waals surface area contributed by atoms with Crippen molar-refractivity contribution in [2.24, 2.45) is 5.92 Å². The highest BCUT2D eigenvalue weighted by Gasteiger charge is 2.44. The van der Waals surface area contributed by atoms with E-state index in [0.717, 1.165) is 36.4 Å². The van der Waals surface area contributed by atoms with Crippen LogP contribution in [0.15, 0.2) is 41.0 Å². The molecule has 1 aromatic carbocycles. The molecule has 3 atom stereocenters. The predicted molar refractivity (Wildman–Crippen MR) is 86.2 cm³/mol. The van der Waals surface area contributed by atoms with Crippen LogP contribution in [0.1, 0.15) is 46.6 Å². The summed E-state index contributed by atoms with van der Waals surface area (Å²) >= 11 is 0. The van der Waals surface area contributed by atoms with E-state index in [-0.39, 0.29) is 18.0 Å². The molecule has 2 unspecified atom stereocenters. The van der Waals surface area contributed by atoms with Gasteiger partial charge >= 0.3 is 0 Å². The maximum atomic E-state index is 12.3. The molecule has 3 N–H and O–H groups in total. The quantitative estimate of drug-likeness (QED) is 0.815. The molecular weight excluding hydrogens is 290 g/mol. The van der Waals surface area contributed by atoms with E-state index in [1.165, 1.54) is 5.56 Å². The molecule has 2 aliphatic heterocycles. The van der Waals surface area contributed by atoms with Gasteiger partial charge in [-0.3, -0.25) is 4.79 Å². The highest BCUT2D eigenvalue weighted by Crippen LogP contribution is 2.47. The van der Waals surface area contributed by atoms with Gasteiger partial charge < -0.3 is 20.4 Å². The summed E-state index contributed by atoms with van der Waals surface area (Å²) in [5, 5.41) is 10.1. The molecule has 2 fully saturated rings. The first-order valence-electron chi connectivity index (χ1n) is 8.28. The Morgan fingerprint density at radius 2 is 2.13 bits per heavy atom. The van der Waals surface area contributed by atoms with Crippen LogP contribution >= 0.6 is 0 Å². The van der Waals surface area contributed by atoms with Gasteiger partial charge in [0.2, 0.25) is 0 Å². The van der Waals surface area contributed by atoms with Crippen molar-refractivity contribution in [2.45, 2.75) is 31.0 Å². The van der Waals surface area contributed by atoms with Crippen molar-refractivity contribution < 1.29 is 9.21 Å². The Labute approximate surface area is 134 Å². The average Bonchev–Trinajstić information content (AvgIpc) is 3.15. The molecular formula is C18H19N3O2. The van der Waals surface area contributed by atoms with Crippen molar-refractivity contribution in [1.82, 2.24) is 10.6 Å². The minimum Gasteiger partial charge on any atom is -0.467 e. The number of carbonyl (C=O) groups excluding carboxylic acids is 1. The summed E-state index contributed by atoms with van der Waals surface area (Å²) in [5.41, 5.74) is 3.02. The van der Waals surface area contributed by atoms with Crippen LogP contribution in [-0.2, 0) is 0 Å². The predicted octanol–water partition coefficient (Wildman–Crippen LogP) is 2.60. The van der Waals surface area contributed by atoms with Gasteiger partial charge in [-0.15, -0.1) is 0 Å². The lowest BCUT2D eigenvalue weighted by molar-refractivity contribution is 0.0950. The summed E-state index contributed by atoms with van der Waals surface area (Å²) in [6.45, 7) is 0.959. The first-order chi connectivity index (χ1) is 11.3. The number of nitrogens with one attached hydrogen (secondary N) is 3.